The topological polar surface area (TPSA) is 55.8 Å². The Morgan fingerprint density at radius 2 is 1.71 bits per heavy atom. The minimum absolute atomic E-state index is 0.0358. The Bertz CT molecular complexity index is 955. The highest BCUT2D eigenvalue weighted by Gasteiger charge is 2.62. The summed E-state index contributed by atoms with van der Waals surface area (Å²) in [6, 6.07) is 14.8. The van der Waals surface area contributed by atoms with Crippen molar-refractivity contribution in [3.63, 3.8) is 0 Å². The van der Waals surface area contributed by atoms with E-state index >= 15 is 0 Å². The normalized spacial score (nSPS) is 22.5. The van der Waals surface area contributed by atoms with Crippen molar-refractivity contribution < 1.29 is 19.1 Å². The van der Waals surface area contributed by atoms with E-state index in [2.05, 4.69) is 0 Å². The fourth-order valence-corrected chi connectivity index (χ4v) is 4.01. The molecule has 2 heterocycles. The Balaban J connectivity index is 1.73. The molecule has 1 amide bonds. The molecule has 0 saturated carbocycles. The standard InChI is InChI=1S/C23H25NO4/c1-21(2,3)28-19(25)15-10-12-16(13-11-15)23-14-22(4,5)20(26)24(23)17-8-6-7-9-18(17)27-23/h6-13H,14H2,1-5H3/t23-/m1/s1. The predicted molar refractivity (Wildman–Crippen MR) is 106 cm³/mol. The maximum Gasteiger partial charge on any atom is 0.338 e. The van der Waals surface area contributed by atoms with Gasteiger partial charge in [0, 0.05) is 12.0 Å². The van der Waals surface area contributed by atoms with Crippen LogP contribution in [0.25, 0.3) is 0 Å². The second kappa shape index (κ2) is 5.84. The first-order valence-electron chi connectivity index (χ1n) is 9.50. The fourth-order valence-electron chi connectivity index (χ4n) is 4.01. The number of para-hydroxylation sites is 2. The van der Waals surface area contributed by atoms with Crippen molar-refractivity contribution in [2.75, 3.05) is 4.90 Å². The van der Waals surface area contributed by atoms with Crippen molar-refractivity contribution in [3.05, 3.63) is 59.7 Å². The van der Waals surface area contributed by atoms with E-state index in [1.54, 1.807) is 17.0 Å². The van der Waals surface area contributed by atoms with Gasteiger partial charge in [-0.15, -0.1) is 0 Å². The van der Waals surface area contributed by atoms with Crippen molar-refractivity contribution >= 4 is 17.6 Å². The Labute approximate surface area is 165 Å². The van der Waals surface area contributed by atoms with Gasteiger partial charge in [0.1, 0.15) is 11.4 Å². The highest BCUT2D eigenvalue weighted by atomic mass is 16.6. The largest absolute Gasteiger partial charge is 0.461 e. The number of carbonyl (C=O) groups is 2. The van der Waals surface area contributed by atoms with Crippen LogP contribution in [-0.2, 0) is 15.3 Å². The maximum absolute atomic E-state index is 13.2. The van der Waals surface area contributed by atoms with Gasteiger partial charge >= 0.3 is 5.97 Å². The molecule has 2 aromatic carbocycles. The molecule has 0 spiro atoms. The molecule has 0 N–H and O–H groups in total. The number of hydrogen-bond acceptors (Lipinski definition) is 4. The Morgan fingerprint density at radius 1 is 1.07 bits per heavy atom. The van der Waals surface area contributed by atoms with Crippen LogP contribution < -0.4 is 9.64 Å². The number of nitrogens with zero attached hydrogens (tertiary/aromatic N) is 1. The first-order chi connectivity index (χ1) is 13.0. The van der Waals surface area contributed by atoms with E-state index in [9.17, 15) is 9.59 Å². The van der Waals surface area contributed by atoms with Gasteiger partial charge in [0.2, 0.25) is 11.6 Å². The third-order valence-corrected chi connectivity index (χ3v) is 5.18. The summed E-state index contributed by atoms with van der Waals surface area (Å²) in [6.07, 6.45) is 0.527. The van der Waals surface area contributed by atoms with E-state index in [4.69, 9.17) is 9.47 Å². The molecule has 0 radical (unpaired) electrons. The van der Waals surface area contributed by atoms with Crippen molar-refractivity contribution in [2.45, 2.75) is 52.4 Å². The Morgan fingerprint density at radius 3 is 2.36 bits per heavy atom. The third kappa shape index (κ3) is 2.77. The Hall–Kier alpha value is -2.82. The Kier molecular flexibility index (Phi) is 3.86. The lowest BCUT2D eigenvalue weighted by Gasteiger charge is -2.31. The summed E-state index contributed by atoms with van der Waals surface area (Å²) in [5.41, 5.74) is 0.113. The highest BCUT2D eigenvalue weighted by molar-refractivity contribution is 6.03. The first kappa shape index (κ1) is 18.5. The SMILES string of the molecule is CC(C)(C)OC(=O)c1ccc([C@]23CC(C)(C)C(=O)N2c2ccccc2O3)cc1. The minimum atomic E-state index is -0.892. The molecule has 0 aromatic heterocycles. The van der Waals surface area contributed by atoms with Gasteiger partial charge in [-0.1, -0.05) is 38.1 Å². The molecular formula is C23H25NO4. The lowest BCUT2D eigenvalue weighted by Crippen LogP contribution is -2.43. The summed E-state index contributed by atoms with van der Waals surface area (Å²) in [5, 5.41) is 0. The van der Waals surface area contributed by atoms with E-state index in [0.717, 1.165) is 11.3 Å². The van der Waals surface area contributed by atoms with Crippen molar-refractivity contribution in [1.82, 2.24) is 0 Å². The third-order valence-electron chi connectivity index (χ3n) is 5.18. The first-order valence-corrected chi connectivity index (χ1v) is 9.50. The van der Waals surface area contributed by atoms with Crippen molar-refractivity contribution in [3.8, 4) is 5.75 Å². The van der Waals surface area contributed by atoms with Gasteiger partial charge in [0.15, 0.2) is 0 Å². The van der Waals surface area contributed by atoms with Crippen molar-refractivity contribution in [2.24, 2.45) is 5.41 Å². The molecule has 0 bridgehead atoms. The van der Waals surface area contributed by atoms with Crippen LogP contribution in [0.4, 0.5) is 5.69 Å². The lowest BCUT2D eigenvalue weighted by atomic mass is 9.86. The molecule has 2 aliphatic heterocycles. The average molecular weight is 379 g/mol. The molecule has 5 nitrogen and oxygen atoms in total. The zero-order valence-electron chi connectivity index (χ0n) is 16.9. The molecule has 0 unspecified atom stereocenters. The highest BCUT2D eigenvalue weighted by Crippen LogP contribution is 2.57. The summed E-state index contributed by atoms with van der Waals surface area (Å²) >= 11 is 0. The zero-order valence-corrected chi connectivity index (χ0v) is 16.9. The number of anilines is 1. The minimum Gasteiger partial charge on any atom is -0.461 e. The van der Waals surface area contributed by atoms with E-state index in [-0.39, 0.29) is 11.9 Å². The lowest BCUT2D eigenvalue weighted by molar-refractivity contribution is -0.124. The number of carbonyl (C=O) groups excluding carboxylic acids is 2. The molecule has 4 rings (SSSR count). The van der Waals surface area contributed by atoms with Crippen LogP contribution >= 0.6 is 0 Å². The van der Waals surface area contributed by atoms with Gasteiger partial charge in [0.25, 0.3) is 0 Å². The summed E-state index contributed by atoms with van der Waals surface area (Å²) in [6.45, 7) is 9.40. The summed E-state index contributed by atoms with van der Waals surface area (Å²) in [5.74, 6) is 0.364. The number of fused-ring (bicyclic) bond motifs is 3. The van der Waals surface area contributed by atoms with Crippen LogP contribution in [0.5, 0.6) is 5.75 Å². The molecule has 146 valence electrons. The molecule has 0 aliphatic carbocycles. The predicted octanol–water partition coefficient (Wildman–Crippen LogP) is 4.65. The van der Waals surface area contributed by atoms with E-state index < -0.39 is 16.7 Å². The van der Waals surface area contributed by atoms with Gasteiger partial charge in [-0.25, -0.2) is 4.79 Å². The van der Waals surface area contributed by atoms with E-state index in [1.807, 2.05) is 71.0 Å². The van der Waals surface area contributed by atoms with E-state index in [1.165, 1.54) is 0 Å². The molecule has 28 heavy (non-hydrogen) atoms. The smallest absolute Gasteiger partial charge is 0.338 e. The fraction of sp³-hybridized carbons (Fsp3) is 0.391. The number of rotatable bonds is 2. The second-order valence-electron chi connectivity index (χ2n) is 9.13. The number of hydrogen-bond donors (Lipinski definition) is 0. The van der Waals surface area contributed by atoms with Gasteiger partial charge in [0.05, 0.1) is 16.7 Å². The molecule has 2 aromatic rings. The second-order valence-corrected chi connectivity index (χ2v) is 9.13. The summed E-state index contributed by atoms with van der Waals surface area (Å²) in [4.78, 5) is 27.3. The number of esters is 1. The average Bonchev–Trinajstić information content (AvgIpc) is 3.03. The van der Waals surface area contributed by atoms with Crippen LogP contribution in [0.2, 0.25) is 0 Å². The number of benzene rings is 2. The van der Waals surface area contributed by atoms with Gasteiger partial charge in [-0.05, 0) is 45.0 Å². The molecular weight excluding hydrogens is 354 g/mol. The maximum atomic E-state index is 13.2. The molecule has 1 atom stereocenters. The van der Waals surface area contributed by atoms with E-state index in [0.29, 0.717) is 17.7 Å². The summed E-state index contributed by atoms with van der Waals surface area (Å²) < 4.78 is 11.8. The zero-order chi connectivity index (χ0) is 20.3. The number of amides is 1. The van der Waals surface area contributed by atoms with Gasteiger partial charge in [-0.2, -0.15) is 0 Å². The van der Waals surface area contributed by atoms with Crippen LogP contribution in [0.3, 0.4) is 0 Å². The van der Waals surface area contributed by atoms with Gasteiger partial charge < -0.3 is 9.47 Å². The van der Waals surface area contributed by atoms with Crippen LogP contribution in [0.1, 0.15) is 57.0 Å². The van der Waals surface area contributed by atoms with Crippen LogP contribution in [0.15, 0.2) is 48.5 Å². The van der Waals surface area contributed by atoms with Crippen LogP contribution in [0, 0.1) is 5.41 Å². The molecule has 5 heteroatoms. The van der Waals surface area contributed by atoms with Crippen molar-refractivity contribution in [1.29, 1.82) is 0 Å². The number of ether oxygens (including phenoxy) is 2. The molecule has 1 fully saturated rings. The monoisotopic (exact) mass is 379 g/mol. The quantitative estimate of drug-likeness (QED) is 0.713. The molecule has 2 aliphatic rings. The van der Waals surface area contributed by atoms with Gasteiger partial charge in [-0.3, -0.25) is 9.69 Å². The molecule has 1 saturated heterocycles. The summed E-state index contributed by atoms with van der Waals surface area (Å²) in [7, 11) is 0. The van der Waals surface area contributed by atoms with Crippen LogP contribution in [-0.4, -0.2) is 17.5 Å².